The second kappa shape index (κ2) is 9.14. The van der Waals surface area contributed by atoms with Crippen molar-refractivity contribution in [2.75, 3.05) is 13.1 Å². The first-order valence-electron chi connectivity index (χ1n) is 8.99. The van der Waals surface area contributed by atoms with E-state index >= 15 is 0 Å². The smallest absolute Gasteiger partial charge is 0.410 e. The number of aliphatic hydroxyl groups excluding tert-OH is 1. The summed E-state index contributed by atoms with van der Waals surface area (Å²) in [5.74, 6) is -0.334. The third-order valence-corrected chi connectivity index (χ3v) is 4.55. The molecule has 142 valence electrons. The van der Waals surface area contributed by atoms with Gasteiger partial charge in [-0.1, -0.05) is 36.4 Å². The van der Waals surface area contributed by atoms with Gasteiger partial charge in [-0.3, -0.25) is 9.78 Å². The van der Waals surface area contributed by atoms with E-state index < -0.39 is 18.2 Å². The Balaban J connectivity index is 1.52. The molecule has 1 aromatic heterocycles. The Hall–Kier alpha value is -2.93. The number of aromatic nitrogens is 1. The highest BCUT2D eigenvalue weighted by molar-refractivity contribution is 5.92. The summed E-state index contributed by atoms with van der Waals surface area (Å²) in [6.07, 6.45) is 1.21. The van der Waals surface area contributed by atoms with Gasteiger partial charge in [0.05, 0.1) is 12.1 Å². The Labute approximate surface area is 158 Å². The van der Waals surface area contributed by atoms with Crippen LogP contribution in [-0.4, -0.2) is 52.2 Å². The summed E-state index contributed by atoms with van der Waals surface area (Å²) in [4.78, 5) is 30.1. The highest BCUT2D eigenvalue weighted by Gasteiger charge is 2.29. The van der Waals surface area contributed by atoms with E-state index in [1.807, 2.05) is 30.3 Å². The molecule has 7 heteroatoms. The summed E-state index contributed by atoms with van der Waals surface area (Å²) < 4.78 is 5.35. The molecule has 0 spiro atoms. The average Bonchev–Trinajstić information content (AvgIpc) is 2.89. The molecule has 1 fully saturated rings. The monoisotopic (exact) mass is 369 g/mol. The van der Waals surface area contributed by atoms with E-state index in [0.717, 1.165) is 5.56 Å². The van der Waals surface area contributed by atoms with Gasteiger partial charge in [0.15, 0.2) is 0 Å². The van der Waals surface area contributed by atoms with Crippen molar-refractivity contribution in [2.45, 2.75) is 31.6 Å². The Morgan fingerprint density at radius 1 is 1.11 bits per heavy atom. The third kappa shape index (κ3) is 5.27. The SMILES string of the molecule is O=C(N[C@@H]1CCN(C(=O)OCc2ccccc2)CC[C@@H]1O)c1ccccn1. The molecule has 0 saturated carbocycles. The molecule has 2 aromatic rings. The maximum atomic E-state index is 12.3. The van der Waals surface area contributed by atoms with E-state index in [1.165, 1.54) is 0 Å². The lowest BCUT2D eigenvalue weighted by Crippen LogP contribution is -2.43. The van der Waals surface area contributed by atoms with Crippen molar-refractivity contribution in [1.29, 1.82) is 0 Å². The lowest BCUT2D eigenvalue weighted by molar-refractivity contribution is 0.0816. The van der Waals surface area contributed by atoms with E-state index in [0.29, 0.717) is 31.6 Å². The van der Waals surface area contributed by atoms with E-state index in [1.54, 1.807) is 29.3 Å². The number of amides is 2. The van der Waals surface area contributed by atoms with Crippen molar-refractivity contribution in [3.05, 3.63) is 66.0 Å². The number of rotatable bonds is 4. The van der Waals surface area contributed by atoms with Crippen LogP contribution in [-0.2, 0) is 11.3 Å². The van der Waals surface area contributed by atoms with Gasteiger partial charge in [0, 0.05) is 19.3 Å². The molecule has 2 amide bonds. The standard InChI is InChI=1S/C20H23N3O4/c24-18-10-13-23(20(26)27-14-15-6-2-1-3-7-15)12-9-16(18)22-19(25)17-8-4-5-11-21-17/h1-8,11,16,18,24H,9-10,12-14H2,(H,22,25)/t16-,18+/m1/s1. The Bertz CT molecular complexity index is 754. The van der Waals surface area contributed by atoms with Crippen molar-refractivity contribution < 1.29 is 19.4 Å². The Kier molecular flexibility index (Phi) is 6.38. The molecule has 7 nitrogen and oxygen atoms in total. The number of ether oxygens (including phenoxy) is 1. The quantitative estimate of drug-likeness (QED) is 0.860. The van der Waals surface area contributed by atoms with Gasteiger partial charge in [-0.15, -0.1) is 0 Å². The molecule has 1 aliphatic heterocycles. The number of hydrogen-bond acceptors (Lipinski definition) is 5. The summed E-state index contributed by atoms with van der Waals surface area (Å²) in [6, 6.07) is 14.1. The van der Waals surface area contributed by atoms with Gasteiger partial charge >= 0.3 is 6.09 Å². The molecule has 0 radical (unpaired) electrons. The number of hydrogen-bond donors (Lipinski definition) is 2. The first kappa shape index (κ1) is 18.8. The highest BCUT2D eigenvalue weighted by atomic mass is 16.6. The first-order chi connectivity index (χ1) is 13.1. The predicted molar refractivity (Wildman–Crippen MR) is 98.9 cm³/mol. The van der Waals surface area contributed by atoms with Crippen LogP contribution in [0.25, 0.3) is 0 Å². The number of carbonyl (C=O) groups is 2. The highest BCUT2D eigenvalue weighted by Crippen LogP contribution is 2.14. The van der Waals surface area contributed by atoms with Gasteiger partial charge in [0.2, 0.25) is 0 Å². The largest absolute Gasteiger partial charge is 0.445 e. The number of benzene rings is 1. The van der Waals surface area contributed by atoms with E-state index in [9.17, 15) is 14.7 Å². The van der Waals surface area contributed by atoms with Crippen LogP contribution >= 0.6 is 0 Å². The molecule has 1 saturated heterocycles. The van der Waals surface area contributed by atoms with Crippen LogP contribution in [0.2, 0.25) is 0 Å². The van der Waals surface area contributed by atoms with Gasteiger partial charge in [-0.05, 0) is 30.5 Å². The van der Waals surface area contributed by atoms with E-state index in [4.69, 9.17) is 4.74 Å². The maximum Gasteiger partial charge on any atom is 0.410 e. The average molecular weight is 369 g/mol. The first-order valence-corrected chi connectivity index (χ1v) is 8.99. The molecule has 0 bridgehead atoms. The molecule has 1 aromatic carbocycles. The third-order valence-electron chi connectivity index (χ3n) is 4.55. The molecular weight excluding hydrogens is 346 g/mol. The summed E-state index contributed by atoms with van der Waals surface area (Å²) in [7, 11) is 0. The zero-order chi connectivity index (χ0) is 19.1. The molecule has 2 heterocycles. The fraction of sp³-hybridized carbons (Fsp3) is 0.350. The molecule has 0 unspecified atom stereocenters. The van der Waals surface area contributed by atoms with Crippen LogP contribution in [0, 0.1) is 0 Å². The number of nitrogens with zero attached hydrogens (tertiary/aromatic N) is 2. The molecule has 3 rings (SSSR count). The van der Waals surface area contributed by atoms with E-state index in [2.05, 4.69) is 10.3 Å². The molecule has 27 heavy (non-hydrogen) atoms. The van der Waals surface area contributed by atoms with Crippen LogP contribution in [0.3, 0.4) is 0 Å². The second-order valence-electron chi connectivity index (χ2n) is 6.47. The van der Waals surface area contributed by atoms with Crippen LogP contribution in [0.5, 0.6) is 0 Å². The molecule has 1 aliphatic rings. The minimum Gasteiger partial charge on any atom is -0.445 e. The number of pyridine rings is 1. The summed E-state index contributed by atoms with van der Waals surface area (Å²) in [5.41, 5.74) is 1.22. The van der Waals surface area contributed by atoms with Crippen molar-refractivity contribution in [3.63, 3.8) is 0 Å². The van der Waals surface area contributed by atoms with Crippen LogP contribution in [0.15, 0.2) is 54.7 Å². The van der Waals surface area contributed by atoms with Gasteiger partial charge < -0.3 is 20.1 Å². The van der Waals surface area contributed by atoms with Crippen LogP contribution in [0.4, 0.5) is 4.79 Å². The molecule has 2 atom stereocenters. The second-order valence-corrected chi connectivity index (χ2v) is 6.47. The summed E-state index contributed by atoms with van der Waals surface area (Å²) in [5, 5.41) is 13.2. The lowest BCUT2D eigenvalue weighted by Gasteiger charge is -2.21. The number of carbonyl (C=O) groups excluding carboxylic acids is 2. The zero-order valence-electron chi connectivity index (χ0n) is 15.0. The number of likely N-dealkylation sites (tertiary alicyclic amines) is 1. The van der Waals surface area contributed by atoms with Gasteiger partial charge in [-0.2, -0.15) is 0 Å². The van der Waals surface area contributed by atoms with Crippen LogP contribution in [0.1, 0.15) is 28.9 Å². The van der Waals surface area contributed by atoms with E-state index in [-0.39, 0.29) is 12.5 Å². The summed E-state index contributed by atoms with van der Waals surface area (Å²) in [6.45, 7) is 0.987. The Morgan fingerprint density at radius 2 is 1.85 bits per heavy atom. The molecule has 2 N–H and O–H groups in total. The van der Waals surface area contributed by atoms with Crippen molar-refractivity contribution in [1.82, 2.24) is 15.2 Å². The topological polar surface area (TPSA) is 91.8 Å². The van der Waals surface area contributed by atoms with Crippen LogP contribution < -0.4 is 5.32 Å². The Morgan fingerprint density at radius 3 is 2.59 bits per heavy atom. The van der Waals surface area contributed by atoms with Gasteiger partial charge in [-0.25, -0.2) is 4.79 Å². The summed E-state index contributed by atoms with van der Waals surface area (Å²) >= 11 is 0. The minimum absolute atomic E-state index is 0.207. The normalized spacial score (nSPS) is 19.8. The van der Waals surface area contributed by atoms with Crippen molar-refractivity contribution in [2.24, 2.45) is 0 Å². The number of nitrogens with one attached hydrogen (secondary N) is 1. The van der Waals surface area contributed by atoms with Crippen molar-refractivity contribution in [3.8, 4) is 0 Å². The predicted octanol–water partition coefficient (Wildman–Crippen LogP) is 1.97. The maximum absolute atomic E-state index is 12.3. The molecular formula is C20H23N3O4. The lowest BCUT2D eigenvalue weighted by atomic mass is 10.1. The zero-order valence-corrected chi connectivity index (χ0v) is 15.0. The molecule has 0 aliphatic carbocycles. The fourth-order valence-corrected chi connectivity index (χ4v) is 2.99. The number of aliphatic hydroxyl groups is 1. The van der Waals surface area contributed by atoms with Crippen molar-refractivity contribution >= 4 is 12.0 Å². The van der Waals surface area contributed by atoms with Gasteiger partial charge in [0.1, 0.15) is 12.3 Å². The minimum atomic E-state index is -0.732. The van der Waals surface area contributed by atoms with Gasteiger partial charge in [0.25, 0.3) is 5.91 Å². The fourth-order valence-electron chi connectivity index (χ4n) is 2.99.